The Kier molecular flexibility index (Phi) is 8.46. The van der Waals surface area contributed by atoms with Crippen molar-refractivity contribution < 1.29 is 23.9 Å². The molecule has 1 atom stereocenters. The molecule has 2 aliphatic rings. The molecule has 170 valence electrons. The van der Waals surface area contributed by atoms with E-state index >= 15 is 0 Å². The van der Waals surface area contributed by atoms with Gasteiger partial charge in [-0.1, -0.05) is 0 Å². The number of ether oxygens (including phenoxy) is 2. The average Bonchev–Trinajstić information content (AvgIpc) is 2.82. The lowest BCUT2D eigenvalue weighted by molar-refractivity contribution is -0.140. The zero-order chi connectivity index (χ0) is 22.2. The van der Waals surface area contributed by atoms with E-state index < -0.39 is 0 Å². The largest absolute Gasteiger partial charge is 0.497 e. The molecule has 0 aromatic heterocycles. The smallest absolute Gasteiger partial charge is 0.225 e. The summed E-state index contributed by atoms with van der Waals surface area (Å²) >= 11 is 0. The average molecular weight is 431 g/mol. The van der Waals surface area contributed by atoms with Gasteiger partial charge in [-0.25, -0.2) is 0 Å². The SMILES string of the molecule is COc1ccc(C(=O)CCC(=O)NC2CCC(C(=O)N3CCCC(OC)C3)CC2)cc1. The number of ketones is 1. The van der Waals surface area contributed by atoms with Crippen LogP contribution in [0, 0.1) is 5.92 Å². The maximum absolute atomic E-state index is 12.8. The van der Waals surface area contributed by atoms with Gasteiger partial charge in [0.05, 0.1) is 13.2 Å². The number of likely N-dealkylation sites (tertiary alicyclic amines) is 1. The fourth-order valence-electron chi connectivity index (χ4n) is 4.52. The zero-order valence-electron chi connectivity index (χ0n) is 18.6. The Balaban J connectivity index is 1.37. The van der Waals surface area contributed by atoms with E-state index in [1.807, 2.05) is 4.90 Å². The van der Waals surface area contributed by atoms with Crippen LogP contribution in [-0.4, -0.2) is 62.0 Å². The first-order valence-electron chi connectivity index (χ1n) is 11.3. The van der Waals surface area contributed by atoms with Crippen LogP contribution in [0.4, 0.5) is 0 Å². The summed E-state index contributed by atoms with van der Waals surface area (Å²) in [7, 11) is 3.28. The van der Waals surface area contributed by atoms with Crippen molar-refractivity contribution in [2.24, 2.45) is 5.92 Å². The fraction of sp³-hybridized carbons (Fsp3) is 0.625. The molecule has 3 rings (SSSR count). The Morgan fingerprint density at radius 3 is 2.35 bits per heavy atom. The standard InChI is InChI=1S/C24H34N2O5/c1-30-20-11-7-17(8-12-20)22(27)13-14-23(28)25-19-9-5-18(6-10-19)24(29)26-15-3-4-21(16-26)31-2/h7-8,11-12,18-19,21H,3-6,9-10,13-16H2,1-2H3,(H,25,28). The molecule has 0 spiro atoms. The number of methoxy groups -OCH3 is 2. The molecule has 7 heteroatoms. The number of hydrogen-bond donors (Lipinski definition) is 1. The molecule has 0 bridgehead atoms. The minimum atomic E-state index is -0.101. The van der Waals surface area contributed by atoms with Crippen molar-refractivity contribution in [3.63, 3.8) is 0 Å². The number of benzene rings is 1. The van der Waals surface area contributed by atoms with Crippen LogP contribution in [0.25, 0.3) is 0 Å². The van der Waals surface area contributed by atoms with E-state index in [2.05, 4.69) is 5.32 Å². The summed E-state index contributed by atoms with van der Waals surface area (Å²) < 4.78 is 10.5. The third kappa shape index (κ3) is 6.53. The van der Waals surface area contributed by atoms with Crippen molar-refractivity contribution in [1.82, 2.24) is 10.2 Å². The molecule has 1 aliphatic heterocycles. The number of nitrogens with one attached hydrogen (secondary N) is 1. The van der Waals surface area contributed by atoms with E-state index in [1.54, 1.807) is 38.5 Å². The maximum atomic E-state index is 12.8. The van der Waals surface area contributed by atoms with Crippen molar-refractivity contribution in [3.8, 4) is 5.75 Å². The van der Waals surface area contributed by atoms with Gasteiger partial charge < -0.3 is 19.7 Å². The summed E-state index contributed by atoms with van der Waals surface area (Å²) in [6.45, 7) is 1.51. The van der Waals surface area contributed by atoms with Crippen molar-refractivity contribution in [2.45, 2.75) is 63.5 Å². The molecule has 1 heterocycles. The number of rotatable bonds is 8. The Bertz CT molecular complexity index is 756. The van der Waals surface area contributed by atoms with E-state index in [0.29, 0.717) is 17.9 Å². The third-order valence-electron chi connectivity index (χ3n) is 6.46. The highest BCUT2D eigenvalue weighted by molar-refractivity contribution is 5.98. The van der Waals surface area contributed by atoms with Crippen molar-refractivity contribution in [3.05, 3.63) is 29.8 Å². The van der Waals surface area contributed by atoms with Crippen LogP contribution in [0.15, 0.2) is 24.3 Å². The summed E-state index contributed by atoms with van der Waals surface area (Å²) in [5.41, 5.74) is 0.584. The molecule has 7 nitrogen and oxygen atoms in total. The third-order valence-corrected chi connectivity index (χ3v) is 6.46. The van der Waals surface area contributed by atoms with Crippen LogP contribution in [0.2, 0.25) is 0 Å². The number of nitrogens with zero attached hydrogens (tertiary/aromatic N) is 1. The molecular formula is C24H34N2O5. The summed E-state index contributed by atoms with van der Waals surface area (Å²) in [6.07, 6.45) is 5.70. The first kappa shape index (κ1) is 23.3. The summed E-state index contributed by atoms with van der Waals surface area (Å²) in [6, 6.07) is 7.00. The van der Waals surface area contributed by atoms with Gasteiger partial charge in [0, 0.05) is 50.6 Å². The molecule has 2 amide bonds. The van der Waals surface area contributed by atoms with Gasteiger partial charge in [-0.15, -0.1) is 0 Å². The van der Waals surface area contributed by atoms with Crippen LogP contribution < -0.4 is 10.1 Å². The van der Waals surface area contributed by atoms with E-state index in [4.69, 9.17) is 9.47 Å². The van der Waals surface area contributed by atoms with Gasteiger partial charge in [0.15, 0.2) is 5.78 Å². The monoisotopic (exact) mass is 430 g/mol. The number of hydrogen-bond acceptors (Lipinski definition) is 5. The predicted molar refractivity (Wildman–Crippen MR) is 117 cm³/mol. The quantitative estimate of drug-likeness (QED) is 0.641. The number of carbonyl (C=O) groups excluding carboxylic acids is 3. The van der Waals surface area contributed by atoms with E-state index in [0.717, 1.165) is 45.1 Å². The minimum absolute atomic E-state index is 0.0420. The highest BCUT2D eigenvalue weighted by Gasteiger charge is 2.32. The molecule has 1 N–H and O–H groups in total. The molecule has 1 saturated heterocycles. The molecule has 2 fully saturated rings. The Morgan fingerprint density at radius 1 is 1.00 bits per heavy atom. The van der Waals surface area contributed by atoms with E-state index in [9.17, 15) is 14.4 Å². The van der Waals surface area contributed by atoms with Gasteiger partial charge in [-0.05, 0) is 62.8 Å². The first-order chi connectivity index (χ1) is 15.0. The van der Waals surface area contributed by atoms with Crippen LogP contribution in [0.1, 0.15) is 61.7 Å². The molecule has 1 aromatic carbocycles. The number of carbonyl (C=O) groups is 3. The minimum Gasteiger partial charge on any atom is -0.497 e. The number of piperidine rings is 1. The number of Topliss-reactive ketones (excluding diaryl/α,β-unsaturated/α-hetero) is 1. The van der Waals surface area contributed by atoms with Crippen molar-refractivity contribution in [1.29, 1.82) is 0 Å². The van der Waals surface area contributed by atoms with Gasteiger partial charge >= 0.3 is 0 Å². The van der Waals surface area contributed by atoms with Crippen molar-refractivity contribution >= 4 is 17.6 Å². The van der Waals surface area contributed by atoms with Crippen LogP contribution in [-0.2, 0) is 14.3 Å². The highest BCUT2D eigenvalue weighted by atomic mass is 16.5. The predicted octanol–water partition coefficient (Wildman–Crippen LogP) is 2.97. The second kappa shape index (κ2) is 11.3. The van der Waals surface area contributed by atoms with Crippen LogP contribution in [0.3, 0.4) is 0 Å². The topological polar surface area (TPSA) is 84.9 Å². The lowest BCUT2D eigenvalue weighted by atomic mass is 9.84. The lowest BCUT2D eigenvalue weighted by Gasteiger charge is -2.36. The van der Waals surface area contributed by atoms with Crippen molar-refractivity contribution in [2.75, 3.05) is 27.3 Å². The first-order valence-corrected chi connectivity index (χ1v) is 11.3. The van der Waals surface area contributed by atoms with Crippen LogP contribution in [0.5, 0.6) is 5.75 Å². The van der Waals surface area contributed by atoms with Gasteiger partial charge in [-0.3, -0.25) is 14.4 Å². The molecule has 0 radical (unpaired) electrons. The second-order valence-corrected chi connectivity index (χ2v) is 8.55. The van der Waals surface area contributed by atoms with Gasteiger partial charge in [0.1, 0.15) is 5.75 Å². The zero-order valence-corrected chi connectivity index (χ0v) is 18.6. The fourth-order valence-corrected chi connectivity index (χ4v) is 4.52. The molecule has 1 aromatic rings. The maximum Gasteiger partial charge on any atom is 0.225 e. The lowest BCUT2D eigenvalue weighted by Crippen LogP contribution is -2.47. The molecule has 1 aliphatic carbocycles. The second-order valence-electron chi connectivity index (χ2n) is 8.55. The molecule has 1 unspecified atom stereocenters. The molecular weight excluding hydrogens is 396 g/mol. The summed E-state index contributed by atoms with van der Waals surface area (Å²) in [5.74, 6) is 0.817. The van der Waals surface area contributed by atoms with E-state index in [1.165, 1.54) is 0 Å². The normalized spacial score (nSPS) is 23.8. The Morgan fingerprint density at radius 2 is 1.71 bits per heavy atom. The van der Waals surface area contributed by atoms with Gasteiger partial charge in [-0.2, -0.15) is 0 Å². The van der Waals surface area contributed by atoms with Gasteiger partial charge in [0.2, 0.25) is 11.8 Å². The summed E-state index contributed by atoms with van der Waals surface area (Å²) in [4.78, 5) is 39.4. The molecule has 31 heavy (non-hydrogen) atoms. The molecule has 1 saturated carbocycles. The highest BCUT2D eigenvalue weighted by Crippen LogP contribution is 2.27. The Hall–Kier alpha value is -2.41. The van der Waals surface area contributed by atoms with Gasteiger partial charge in [0.25, 0.3) is 0 Å². The van der Waals surface area contributed by atoms with Crippen LogP contribution >= 0.6 is 0 Å². The Labute approximate surface area is 184 Å². The van der Waals surface area contributed by atoms with E-state index in [-0.39, 0.29) is 48.5 Å². The number of amides is 2. The summed E-state index contributed by atoms with van der Waals surface area (Å²) in [5, 5.41) is 3.04.